The number of rotatable bonds is 6. The molecule has 7 heteroatoms. The second-order valence-electron chi connectivity index (χ2n) is 13.6. The zero-order valence-corrected chi connectivity index (χ0v) is 24.7. The monoisotopic (exact) mass is 535 g/mol. The van der Waals surface area contributed by atoms with E-state index in [-0.39, 0.29) is 22.9 Å². The molecule has 3 heterocycles. The molecule has 2 aromatic carbocycles. The second kappa shape index (κ2) is 9.88. The molecule has 3 atom stereocenters. The van der Waals surface area contributed by atoms with Gasteiger partial charge in [0.05, 0.1) is 18.7 Å². The van der Waals surface area contributed by atoms with E-state index in [0.717, 1.165) is 50.7 Å². The van der Waals surface area contributed by atoms with E-state index in [2.05, 4.69) is 106 Å². The Balaban J connectivity index is 1.59. The molecule has 0 aliphatic carbocycles. The third-order valence-corrected chi connectivity index (χ3v) is 9.64. The maximum atomic E-state index is 14.8. The van der Waals surface area contributed by atoms with Crippen molar-refractivity contribution < 1.29 is 14.0 Å². The van der Waals surface area contributed by atoms with Crippen molar-refractivity contribution in [1.82, 2.24) is 14.2 Å². The molecule has 5 rings (SSSR count). The van der Waals surface area contributed by atoms with Gasteiger partial charge in [0, 0.05) is 19.5 Å². The lowest BCUT2D eigenvalue weighted by atomic mass is 9.96. The van der Waals surface area contributed by atoms with Gasteiger partial charge in [-0.1, -0.05) is 102 Å². The van der Waals surface area contributed by atoms with Crippen LogP contribution in [0.3, 0.4) is 0 Å². The van der Waals surface area contributed by atoms with E-state index >= 15 is 0 Å². The molecule has 0 bridgehead atoms. The zero-order chi connectivity index (χ0) is 27.3. The van der Waals surface area contributed by atoms with Crippen LogP contribution in [0.5, 0.6) is 0 Å². The molecule has 0 aromatic heterocycles. The molecule has 1 saturated heterocycles. The molecule has 0 saturated carbocycles. The first-order valence-corrected chi connectivity index (χ1v) is 15.5. The Morgan fingerprint density at radius 2 is 1.39 bits per heavy atom. The molecule has 38 heavy (non-hydrogen) atoms. The third-order valence-electron chi connectivity index (χ3n) is 7.45. The molecular formula is C31H44N4O2P+. The van der Waals surface area contributed by atoms with Crippen molar-refractivity contribution in [1.29, 1.82) is 0 Å². The molecule has 3 unspecified atom stereocenters. The number of amidine groups is 1. The third kappa shape index (κ3) is 5.58. The predicted octanol–water partition coefficient (Wildman–Crippen LogP) is 5.60. The van der Waals surface area contributed by atoms with Crippen LogP contribution in [0.1, 0.15) is 52.7 Å². The summed E-state index contributed by atoms with van der Waals surface area (Å²) in [6.07, 6.45) is 3.68. The van der Waals surface area contributed by atoms with Crippen LogP contribution in [0.15, 0.2) is 72.6 Å². The number of benzene rings is 2. The van der Waals surface area contributed by atoms with Gasteiger partial charge in [0.25, 0.3) is 5.84 Å². The van der Waals surface area contributed by atoms with Crippen molar-refractivity contribution in [2.24, 2.45) is 10.8 Å². The normalized spacial score (nSPS) is 25.6. The summed E-state index contributed by atoms with van der Waals surface area (Å²) >= 11 is 0. The van der Waals surface area contributed by atoms with Crippen LogP contribution in [0.2, 0.25) is 0 Å². The average molecular weight is 536 g/mol. The van der Waals surface area contributed by atoms with Crippen LogP contribution in [-0.2, 0) is 17.4 Å². The highest BCUT2D eigenvalue weighted by Crippen LogP contribution is 2.60. The minimum Gasteiger partial charge on any atom is -0.355 e. The Kier molecular flexibility index (Phi) is 7.02. The average Bonchev–Trinajstić information content (AvgIpc) is 3.31. The van der Waals surface area contributed by atoms with Crippen LogP contribution in [-0.4, -0.2) is 67.8 Å². The maximum absolute atomic E-state index is 14.8. The molecule has 0 radical (unpaired) electrons. The first-order chi connectivity index (χ1) is 17.8. The van der Waals surface area contributed by atoms with Crippen LogP contribution in [0, 0.1) is 10.8 Å². The summed E-state index contributed by atoms with van der Waals surface area (Å²) in [7, 11) is -3.91. The topological polar surface area (TPSA) is 50.0 Å². The minimum atomic E-state index is -3.91. The van der Waals surface area contributed by atoms with Gasteiger partial charge in [-0.2, -0.15) is 4.67 Å². The van der Waals surface area contributed by atoms with Gasteiger partial charge in [-0.25, -0.2) is 9.24 Å². The standard InChI is InChI=1S/C31H43N4O2P/c1-30(2,3)22-32-20-26(17-24-13-9-7-10-14-24)34-28(32)19-29-33(23-31(4,5)6)21-27(35(29)38(34,36)37)18-25-15-11-8-12-16-25/h7-16,19,26-27H,17-18,20-23H2,1-6H3/p+1. The lowest BCUT2D eigenvalue weighted by Crippen LogP contribution is -2.45. The molecule has 3 aliphatic rings. The first-order valence-electron chi connectivity index (χ1n) is 13.9. The summed E-state index contributed by atoms with van der Waals surface area (Å²) < 4.78 is 20.9. The summed E-state index contributed by atoms with van der Waals surface area (Å²) in [6, 6.07) is 20.6. The van der Waals surface area contributed by atoms with Gasteiger partial charge in [0.15, 0.2) is 0 Å². The van der Waals surface area contributed by atoms with Crippen LogP contribution >= 0.6 is 7.67 Å². The summed E-state index contributed by atoms with van der Waals surface area (Å²) in [5, 5.41) is 0. The fourth-order valence-corrected chi connectivity index (χ4v) is 8.52. The van der Waals surface area contributed by atoms with E-state index in [1.54, 1.807) is 0 Å². The summed E-state index contributed by atoms with van der Waals surface area (Å²) in [5.74, 6) is 1.80. The highest BCUT2D eigenvalue weighted by Gasteiger charge is 2.61. The smallest absolute Gasteiger partial charge is 0.355 e. The van der Waals surface area contributed by atoms with Gasteiger partial charge in [-0.05, 0) is 28.4 Å². The molecule has 2 aromatic rings. The first kappa shape index (κ1) is 27.0. The SMILES string of the molecule is CC(C)(C)CN1CC(Cc2ccccc2)N2C1=CC1=[N+](CC(C)(C)C)CC(Cc3ccccc3)N1P2(=O)O. The van der Waals surface area contributed by atoms with E-state index in [0.29, 0.717) is 0 Å². The minimum absolute atomic E-state index is 0.0615. The fourth-order valence-electron chi connectivity index (χ4n) is 6.25. The van der Waals surface area contributed by atoms with E-state index in [1.807, 2.05) is 21.5 Å². The molecule has 6 nitrogen and oxygen atoms in total. The molecule has 1 fully saturated rings. The van der Waals surface area contributed by atoms with Crippen molar-refractivity contribution in [3.63, 3.8) is 0 Å². The lowest BCUT2D eigenvalue weighted by molar-refractivity contribution is -0.533. The van der Waals surface area contributed by atoms with Gasteiger partial charge in [-0.3, -0.25) is 9.47 Å². The van der Waals surface area contributed by atoms with Gasteiger partial charge < -0.3 is 4.90 Å². The Bertz CT molecular complexity index is 1260. The Labute approximate surface area is 228 Å². The largest absolute Gasteiger partial charge is 0.482 e. The van der Waals surface area contributed by atoms with Crippen molar-refractivity contribution in [3.8, 4) is 0 Å². The molecule has 1 N–H and O–H groups in total. The summed E-state index contributed by atoms with van der Waals surface area (Å²) in [6.45, 7) is 16.6. The highest BCUT2D eigenvalue weighted by atomic mass is 31.2. The van der Waals surface area contributed by atoms with Crippen molar-refractivity contribution in [3.05, 3.63) is 83.7 Å². The van der Waals surface area contributed by atoms with E-state index in [4.69, 9.17) is 0 Å². The number of hydrogen-bond acceptors (Lipinski definition) is 2. The van der Waals surface area contributed by atoms with E-state index in [1.165, 1.54) is 11.1 Å². The fraction of sp³-hybridized carbons (Fsp3) is 0.516. The van der Waals surface area contributed by atoms with Crippen LogP contribution in [0.4, 0.5) is 0 Å². The highest BCUT2D eigenvalue weighted by molar-refractivity contribution is 7.54. The molecule has 0 amide bonds. The molecule has 3 aliphatic heterocycles. The van der Waals surface area contributed by atoms with E-state index < -0.39 is 7.67 Å². The number of hydrogen-bond donors (Lipinski definition) is 1. The van der Waals surface area contributed by atoms with Gasteiger partial charge in [0.1, 0.15) is 18.4 Å². The van der Waals surface area contributed by atoms with Crippen molar-refractivity contribution in [2.45, 2.75) is 66.5 Å². The zero-order valence-electron chi connectivity index (χ0n) is 23.8. The molecule has 0 spiro atoms. The van der Waals surface area contributed by atoms with Gasteiger partial charge in [0.2, 0.25) is 0 Å². The predicted molar refractivity (Wildman–Crippen MR) is 155 cm³/mol. The number of nitrogens with zero attached hydrogens (tertiary/aromatic N) is 4. The van der Waals surface area contributed by atoms with Crippen LogP contribution < -0.4 is 0 Å². The van der Waals surface area contributed by atoms with Gasteiger partial charge in [-0.15, -0.1) is 0 Å². The summed E-state index contributed by atoms with van der Waals surface area (Å²) in [5.41, 5.74) is 2.51. The lowest BCUT2D eigenvalue weighted by Gasteiger charge is -2.38. The number of fused-ring (bicyclic) bond motifs is 2. The van der Waals surface area contributed by atoms with Crippen molar-refractivity contribution in [2.75, 3.05) is 26.2 Å². The molecular weight excluding hydrogens is 491 g/mol. The Hall–Kier alpha value is -2.56. The quantitative estimate of drug-likeness (QED) is 0.386. The molecule has 204 valence electrons. The second-order valence-corrected chi connectivity index (χ2v) is 15.5. The Morgan fingerprint density at radius 1 is 0.842 bits per heavy atom. The van der Waals surface area contributed by atoms with E-state index in [9.17, 15) is 9.46 Å². The van der Waals surface area contributed by atoms with Crippen LogP contribution in [0.25, 0.3) is 0 Å². The maximum Gasteiger partial charge on any atom is 0.482 e. The van der Waals surface area contributed by atoms with Gasteiger partial charge >= 0.3 is 7.67 Å². The Morgan fingerprint density at radius 3 is 1.92 bits per heavy atom. The van der Waals surface area contributed by atoms with Crippen molar-refractivity contribution >= 4 is 13.5 Å². The summed E-state index contributed by atoms with van der Waals surface area (Å²) in [4.78, 5) is 14.5.